The molecule has 0 aliphatic rings. The zero-order chi connectivity index (χ0) is 20.2. The van der Waals surface area contributed by atoms with E-state index in [1.807, 2.05) is 6.07 Å². The highest BCUT2D eigenvalue weighted by molar-refractivity contribution is 7.93. The molecular weight excluding hydrogens is 407 g/mol. The van der Waals surface area contributed by atoms with E-state index in [2.05, 4.69) is 5.16 Å². The number of sulfonamides is 1. The summed E-state index contributed by atoms with van der Waals surface area (Å²) in [5.74, 6) is 0.271. The minimum Gasteiger partial charge on any atom is -0.357 e. The monoisotopic (exact) mass is 417 g/mol. The lowest BCUT2D eigenvalue weighted by molar-refractivity contribution is -0.0429. The first-order chi connectivity index (χ1) is 12.5. The van der Waals surface area contributed by atoms with E-state index >= 15 is 0 Å². The largest absolute Gasteiger partial charge is 0.516 e. The SMILES string of the molecule is C/C(=N\Oc1ccc(C#N)cc1)c1cc(Cl)ccc1NS(=O)(=O)C(F)(F)F. The van der Waals surface area contributed by atoms with Gasteiger partial charge in [0.05, 0.1) is 23.0 Å². The first-order valence-corrected chi connectivity index (χ1v) is 9.00. The minimum atomic E-state index is -5.61. The number of halogens is 4. The van der Waals surface area contributed by atoms with Gasteiger partial charge in [-0.2, -0.15) is 26.9 Å². The van der Waals surface area contributed by atoms with E-state index in [0.717, 1.165) is 6.07 Å². The number of hydrogen-bond donors (Lipinski definition) is 1. The maximum absolute atomic E-state index is 12.6. The normalized spacial score (nSPS) is 12.4. The number of alkyl halides is 3. The van der Waals surface area contributed by atoms with Crippen LogP contribution in [0.3, 0.4) is 0 Å². The van der Waals surface area contributed by atoms with Crippen LogP contribution in [0.1, 0.15) is 18.1 Å². The fraction of sp³-hybridized carbons (Fsp3) is 0.125. The smallest absolute Gasteiger partial charge is 0.357 e. The Bertz CT molecular complexity index is 1010. The third kappa shape index (κ3) is 5.12. The molecule has 1 N–H and O–H groups in total. The molecule has 11 heteroatoms. The fourth-order valence-electron chi connectivity index (χ4n) is 1.87. The molecule has 0 saturated carbocycles. The third-order valence-corrected chi connectivity index (χ3v) is 4.52. The van der Waals surface area contributed by atoms with E-state index in [4.69, 9.17) is 21.7 Å². The van der Waals surface area contributed by atoms with Gasteiger partial charge in [0.1, 0.15) is 0 Å². The summed E-state index contributed by atoms with van der Waals surface area (Å²) in [6.07, 6.45) is 0. The molecule has 0 fully saturated rings. The van der Waals surface area contributed by atoms with Crippen LogP contribution in [0.25, 0.3) is 0 Å². The predicted molar refractivity (Wildman–Crippen MR) is 94.0 cm³/mol. The molecule has 0 spiro atoms. The van der Waals surface area contributed by atoms with Gasteiger partial charge in [-0.1, -0.05) is 16.8 Å². The summed E-state index contributed by atoms with van der Waals surface area (Å²) in [6.45, 7) is 1.40. The van der Waals surface area contributed by atoms with Gasteiger partial charge in [-0.05, 0) is 49.4 Å². The Kier molecular flexibility index (Phi) is 5.98. The molecule has 142 valence electrons. The molecule has 0 heterocycles. The first-order valence-electron chi connectivity index (χ1n) is 7.14. The zero-order valence-corrected chi connectivity index (χ0v) is 15.2. The van der Waals surface area contributed by atoms with Crippen molar-refractivity contribution in [2.24, 2.45) is 5.16 Å². The summed E-state index contributed by atoms with van der Waals surface area (Å²) in [5.41, 5.74) is -5.36. The van der Waals surface area contributed by atoms with Crippen LogP contribution >= 0.6 is 11.6 Å². The van der Waals surface area contributed by atoms with Crippen LogP contribution < -0.4 is 9.56 Å². The lowest BCUT2D eigenvalue weighted by atomic mass is 10.1. The van der Waals surface area contributed by atoms with Gasteiger partial charge in [0, 0.05) is 10.6 Å². The van der Waals surface area contributed by atoms with Crippen molar-refractivity contribution in [2.75, 3.05) is 4.72 Å². The van der Waals surface area contributed by atoms with Gasteiger partial charge in [-0.15, -0.1) is 0 Å². The van der Waals surface area contributed by atoms with E-state index in [-0.39, 0.29) is 27.7 Å². The van der Waals surface area contributed by atoms with Crippen molar-refractivity contribution in [1.82, 2.24) is 0 Å². The van der Waals surface area contributed by atoms with Crippen LogP contribution in [-0.4, -0.2) is 19.6 Å². The standard InChI is InChI=1S/C16H11ClF3N3O3S/c1-10(22-26-13-5-2-11(9-21)3-6-13)14-8-12(17)4-7-15(14)23-27(24,25)16(18,19)20/h2-8,23H,1H3/b22-10+. The highest BCUT2D eigenvalue weighted by atomic mass is 35.5. The van der Waals surface area contributed by atoms with Crippen LogP contribution in [0.5, 0.6) is 5.75 Å². The van der Waals surface area contributed by atoms with Crippen molar-refractivity contribution in [1.29, 1.82) is 5.26 Å². The Hall–Kier alpha value is -2.77. The Balaban J connectivity index is 2.33. The fourth-order valence-corrected chi connectivity index (χ4v) is 2.62. The predicted octanol–water partition coefficient (Wildman–Crippen LogP) is 4.28. The number of anilines is 1. The molecule has 2 aromatic carbocycles. The van der Waals surface area contributed by atoms with Crippen LogP contribution in [0.4, 0.5) is 18.9 Å². The zero-order valence-electron chi connectivity index (χ0n) is 13.6. The Morgan fingerprint density at radius 3 is 2.41 bits per heavy atom. The summed E-state index contributed by atoms with van der Waals surface area (Å²) in [6, 6.07) is 11.4. The topological polar surface area (TPSA) is 91.5 Å². The van der Waals surface area contributed by atoms with E-state index in [9.17, 15) is 21.6 Å². The Morgan fingerprint density at radius 2 is 1.85 bits per heavy atom. The molecule has 0 saturated heterocycles. The molecule has 2 aromatic rings. The van der Waals surface area contributed by atoms with Crippen LogP contribution in [-0.2, 0) is 10.0 Å². The second-order valence-corrected chi connectivity index (χ2v) is 7.26. The summed E-state index contributed by atoms with van der Waals surface area (Å²) < 4.78 is 62.0. The molecule has 2 rings (SSSR count). The number of rotatable bonds is 5. The van der Waals surface area contributed by atoms with Gasteiger partial charge in [0.15, 0.2) is 5.75 Å². The molecule has 0 amide bonds. The summed E-state index contributed by atoms with van der Waals surface area (Å²) in [7, 11) is -5.61. The second kappa shape index (κ2) is 7.85. The van der Waals surface area contributed by atoms with Crippen LogP contribution in [0.2, 0.25) is 5.02 Å². The van der Waals surface area contributed by atoms with Crippen molar-refractivity contribution in [3.05, 3.63) is 58.6 Å². The molecule has 0 atom stereocenters. The highest BCUT2D eigenvalue weighted by Crippen LogP contribution is 2.29. The maximum atomic E-state index is 12.6. The van der Waals surface area contributed by atoms with Crippen molar-refractivity contribution in [3.8, 4) is 11.8 Å². The van der Waals surface area contributed by atoms with Gasteiger partial charge < -0.3 is 4.84 Å². The number of nitrogens with one attached hydrogen (secondary N) is 1. The van der Waals surface area contributed by atoms with E-state index in [1.54, 1.807) is 0 Å². The molecule has 0 unspecified atom stereocenters. The van der Waals surface area contributed by atoms with Crippen LogP contribution in [0, 0.1) is 11.3 Å². The van der Waals surface area contributed by atoms with Crippen molar-refractivity contribution in [3.63, 3.8) is 0 Å². The second-order valence-electron chi connectivity index (χ2n) is 5.15. The number of benzene rings is 2. The lowest BCUT2D eigenvalue weighted by Gasteiger charge is -2.14. The average molecular weight is 418 g/mol. The van der Waals surface area contributed by atoms with Crippen molar-refractivity contribution >= 4 is 33.0 Å². The number of hydrogen-bond acceptors (Lipinski definition) is 5. The molecule has 0 radical (unpaired) electrons. The molecular formula is C16H11ClF3N3O3S. The van der Waals surface area contributed by atoms with Gasteiger partial charge in [0.25, 0.3) is 0 Å². The molecule has 6 nitrogen and oxygen atoms in total. The Morgan fingerprint density at radius 1 is 1.22 bits per heavy atom. The van der Waals surface area contributed by atoms with Gasteiger partial charge in [0.2, 0.25) is 0 Å². The van der Waals surface area contributed by atoms with Crippen molar-refractivity contribution < 1.29 is 26.4 Å². The average Bonchev–Trinajstić information content (AvgIpc) is 2.60. The summed E-state index contributed by atoms with van der Waals surface area (Å²) in [5, 5.41) is 12.7. The molecule has 0 aliphatic heterocycles. The summed E-state index contributed by atoms with van der Waals surface area (Å²) in [4.78, 5) is 5.15. The van der Waals surface area contributed by atoms with E-state index < -0.39 is 15.5 Å². The quantitative estimate of drug-likeness (QED) is 0.580. The van der Waals surface area contributed by atoms with Gasteiger partial charge in [-0.3, -0.25) is 4.72 Å². The highest BCUT2D eigenvalue weighted by Gasteiger charge is 2.46. The number of nitriles is 1. The maximum Gasteiger partial charge on any atom is 0.516 e. The van der Waals surface area contributed by atoms with Crippen LogP contribution in [0.15, 0.2) is 47.6 Å². The van der Waals surface area contributed by atoms with Gasteiger partial charge >= 0.3 is 15.5 Å². The Labute approximate surface area is 157 Å². The first kappa shape index (κ1) is 20.5. The molecule has 0 aromatic heterocycles. The number of nitrogens with zero attached hydrogens (tertiary/aromatic N) is 2. The van der Waals surface area contributed by atoms with E-state index in [0.29, 0.717) is 5.56 Å². The van der Waals surface area contributed by atoms with E-state index in [1.165, 1.54) is 48.0 Å². The molecule has 0 aliphatic carbocycles. The summed E-state index contributed by atoms with van der Waals surface area (Å²) >= 11 is 5.85. The van der Waals surface area contributed by atoms with Gasteiger partial charge in [-0.25, -0.2) is 0 Å². The van der Waals surface area contributed by atoms with Crippen molar-refractivity contribution in [2.45, 2.75) is 12.4 Å². The molecule has 0 bridgehead atoms. The lowest BCUT2D eigenvalue weighted by Crippen LogP contribution is -2.30. The third-order valence-electron chi connectivity index (χ3n) is 3.19. The number of oxime groups is 1. The molecule has 27 heavy (non-hydrogen) atoms. The minimum absolute atomic E-state index is 0.00368.